The monoisotopic (exact) mass is 462 g/mol. The van der Waals surface area contributed by atoms with Crippen molar-refractivity contribution in [3.63, 3.8) is 0 Å². The highest BCUT2D eigenvalue weighted by Crippen LogP contribution is 2.22. The maximum Gasteiger partial charge on any atom is 0.338 e. The zero-order chi connectivity index (χ0) is 24.4. The van der Waals surface area contributed by atoms with E-state index in [2.05, 4.69) is 30.0 Å². The van der Waals surface area contributed by atoms with Gasteiger partial charge in [-0.05, 0) is 67.3 Å². The Morgan fingerprint density at radius 2 is 1.44 bits per heavy atom. The van der Waals surface area contributed by atoms with Gasteiger partial charge < -0.3 is 9.47 Å². The van der Waals surface area contributed by atoms with Crippen molar-refractivity contribution in [1.82, 2.24) is 0 Å². The summed E-state index contributed by atoms with van der Waals surface area (Å²) < 4.78 is 11.1. The molecular formula is C29H38N2O3. The summed E-state index contributed by atoms with van der Waals surface area (Å²) in [4.78, 5) is 12.1. The number of hydrogen-bond acceptors (Lipinski definition) is 5. The molecule has 2 aromatic carbocycles. The first kappa shape index (κ1) is 27.1. The number of terminal acetylenes is 1. The van der Waals surface area contributed by atoms with E-state index in [1.165, 1.54) is 32.1 Å². The fraction of sp³-hybridized carbons (Fsp3) is 0.483. The van der Waals surface area contributed by atoms with E-state index in [1.54, 1.807) is 24.3 Å². The molecule has 0 amide bonds. The van der Waals surface area contributed by atoms with Crippen LogP contribution in [-0.4, -0.2) is 19.2 Å². The lowest BCUT2D eigenvalue weighted by Crippen LogP contribution is -2.11. The molecule has 5 heteroatoms. The number of carbonyl (C=O) groups is 1. The number of ether oxygens (including phenoxy) is 2. The van der Waals surface area contributed by atoms with E-state index < -0.39 is 0 Å². The fourth-order valence-electron chi connectivity index (χ4n) is 3.21. The number of benzene rings is 2. The summed E-state index contributed by atoms with van der Waals surface area (Å²) in [5.41, 5.74) is 1.94. The van der Waals surface area contributed by atoms with Crippen molar-refractivity contribution in [1.29, 1.82) is 0 Å². The van der Waals surface area contributed by atoms with Crippen LogP contribution in [0.3, 0.4) is 0 Å². The molecule has 5 nitrogen and oxygen atoms in total. The van der Waals surface area contributed by atoms with Gasteiger partial charge in [-0.1, -0.05) is 52.4 Å². The highest BCUT2D eigenvalue weighted by Gasteiger charge is 2.09. The molecule has 0 aliphatic heterocycles. The minimum atomic E-state index is -0.310. The Kier molecular flexibility index (Phi) is 13.1. The summed E-state index contributed by atoms with van der Waals surface area (Å²) in [6, 6.07) is 14.5. The van der Waals surface area contributed by atoms with Gasteiger partial charge in [-0.2, -0.15) is 10.2 Å². The molecule has 0 saturated carbocycles. The van der Waals surface area contributed by atoms with Gasteiger partial charge in [0.05, 0.1) is 30.2 Å². The number of unbranched alkanes of at least 4 members (excludes halogenated alkanes) is 7. The summed E-state index contributed by atoms with van der Waals surface area (Å²) in [6.07, 6.45) is 15.6. The number of rotatable bonds is 16. The number of carbonyl (C=O) groups excluding carboxylic acids is 1. The Morgan fingerprint density at radius 3 is 2.03 bits per heavy atom. The largest absolute Gasteiger partial charge is 0.494 e. The quantitative estimate of drug-likeness (QED) is 0.109. The molecule has 0 unspecified atom stereocenters. The Morgan fingerprint density at radius 1 is 0.882 bits per heavy atom. The van der Waals surface area contributed by atoms with Crippen LogP contribution in [0.5, 0.6) is 5.75 Å². The molecule has 0 radical (unpaired) electrons. The van der Waals surface area contributed by atoms with Gasteiger partial charge in [0.25, 0.3) is 0 Å². The minimum Gasteiger partial charge on any atom is -0.494 e. The second kappa shape index (κ2) is 16.5. The van der Waals surface area contributed by atoms with Gasteiger partial charge in [-0.25, -0.2) is 4.79 Å². The van der Waals surface area contributed by atoms with Gasteiger partial charge in [0.2, 0.25) is 0 Å². The second-order valence-corrected chi connectivity index (χ2v) is 8.63. The lowest BCUT2D eigenvalue weighted by atomic mass is 10.1. The molecule has 0 N–H and O–H groups in total. The Bertz CT molecular complexity index is 898. The zero-order valence-electron chi connectivity index (χ0n) is 20.7. The molecule has 0 aliphatic carbocycles. The maximum absolute atomic E-state index is 12.1. The third-order valence-corrected chi connectivity index (χ3v) is 5.65. The normalized spacial score (nSPS) is 11.8. The third-order valence-electron chi connectivity index (χ3n) is 5.65. The van der Waals surface area contributed by atoms with Crippen molar-refractivity contribution in [3.05, 3.63) is 54.1 Å². The molecule has 0 bridgehead atoms. The fourth-order valence-corrected chi connectivity index (χ4v) is 3.21. The molecule has 2 aromatic rings. The van der Waals surface area contributed by atoms with E-state index >= 15 is 0 Å². The van der Waals surface area contributed by atoms with Crippen molar-refractivity contribution < 1.29 is 14.3 Å². The first-order valence-electron chi connectivity index (χ1n) is 12.5. The maximum atomic E-state index is 12.1. The average molecular weight is 463 g/mol. The van der Waals surface area contributed by atoms with Crippen LogP contribution in [0.25, 0.3) is 0 Å². The first-order chi connectivity index (χ1) is 16.6. The molecule has 0 spiro atoms. The van der Waals surface area contributed by atoms with Crippen LogP contribution in [0.4, 0.5) is 11.4 Å². The van der Waals surface area contributed by atoms with Crippen molar-refractivity contribution in [2.75, 3.05) is 13.2 Å². The summed E-state index contributed by atoms with van der Waals surface area (Å²) >= 11 is 0. The Balaban J connectivity index is 1.66. The molecule has 1 atom stereocenters. The smallest absolute Gasteiger partial charge is 0.338 e. The average Bonchev–Trinajstić information content (AvgIpc) is 2.88. The standard InChI is InChI=1S/C29H38N2O3/c1-4-6-7-8-9-10-11-12-13-22-33-28-20-18-27(19-21-28)31-30-26-16-14-25(15-17-26)29(32)34-23-24(3)5-2/h1,14-21,24H,5-13,22-23H2,2-3H3/t24-/m0/s1. The van der Waals surface area contributed by atoms with Crippen LogP contribution in [0, 0.1) is 18.3 Å². The summed E-state index contributed by atoms with van der Waals surface area (Å²) in [5.74, 6) is 3.58. The van der Waals surface area contributed by atoms with E-state index in [0.29, 0.717) is 23.8 Å². The topological polar surface area (TPSA) is 60.2 Å². The summed E-state index contributed by atoms with van der Waals surface area (Å²) in [5, 5.41) is 8.51. The Hall–Kier alpha value is -3.13. The molecular weight excluding hydrogens is 424 g/mol. The molecule has 0 saturated heterocycles. The van der Waals surface area contributed by atoms with Crippen LogP contribution < -0.4 is 4.74 Å². The van der Waals surface area contributed by atoms with Crippen molar-refractivity contribution in [2.24, 2.45) is 16.1 Å². The first-order valence-corrected chi connectivity index (χ1v) is 12.5. The SMILES string of the molecule is C#CCCCCCCCCCOc1ccc(N=Nc2ccc(C(=O)OC[C@@H](C)CC)cc2)cc1. The lowest BCUT2D eigenvalue weighted by molar-refractivity contribution is 0.0447. The predicted octanol–water partition coefficient (Wildman–Crippen LogP) is 8.44. The van der Waals surface area contributed by atoms with E-state index in [4.69, 9.17) is 15.9 Å². The zero-order valence-corrected chi connectivity index (χ0v) is 20.7. The van der Waals surface area contributed by atoms with Gasteiger partial charge in [-0.3, -0.25) is 0 Å². The molecule has 0 heterocycles. The van der Waals surface area contributed by atoms with Gasteiger partial charge >= 0.3 is 5.97 Å². The van der Waals surface area contributed by atoms with Gasteiger partial charge in [0.15, 0.2) is 0 Å². The predicted molar refractivity (Wildman–Crippen MR) is 138 cm³/mol. The number of nitrogens with zero attached hydrogens (tertiary/aromatic N) is 2. The minimum absolute atomic E-state index is 0.310. The van der Waals surface area contributed by atoms with Crippen molar-refractivity contribution in [2.45, 2.75) is 71.6 Å². The van der Waals surface area contributed by atoms with Crippen LogP contribution in [-0.2, 0) is 4.74 Å². The molecule has 182 valence electrons. The van der Waals surface area contributed by atoms with E-state index in [1.807, 2.05) is 24.3 Å². The van der Waals surface area contributed by atoms with Crippen molar-refractivity contribution >= 4 is 17.3 Å². The van der Waals surface area contributed by atoms with Gasteiger partial charge in [0.1, 0.15) is 5.75 Å². The van der Waals surface area contributed by atoms with Gasteiger partial charge in [-0.15, -0.1) is 12.3 Å². The third kappa shape index (κ3) is 11.1. The molecule has 0 aliphatic rings. The molecule has 2 rings (SSSR count). The van der Waals surface area contributed by atoms with Crippen molar-refractivity contribution in [3.8, 4) is 18.1 Å². The highest BCUT2D eigenvalue weighted by atomic mass is 16.5. The van der Waals surface area contributed by atoms with Crippen LogP contribution in [0.15, 0.2) is 58.8 Å². The number of azo groups is 1. The summed E-state index contributed by atoms with van der Waals surface area (Å²) in [6.45, 7) is 5.30. The van der Waals surface area contributed by atoms with E-state index in [-0.39, 0.29) is 5.97 Å². The van der Waals surface area contributed by atoms with Crippen LogP contribution in [0.1, 0.15) is 82.0 Å². The Labute approximate surface area is 205 Å². The van der Waals surface area contributed by atoms with Crippen LogP contribution >= 0.6 is 0 Å². The van der Waals surface area contributed by atoms with Gasteiger partial charge in [0, 0.05) is 6.42 Å². The van der Waals surface area contributed by atoms with Crippen LogP contribution in [0.2, 0.25) is 0 Å². The molecule has 34 heavy (non-hydrogen) atoms. The molecule has 0 fully saturated rings. The lowest BCUT2D eigenvalue weighted by Gasteiger charge is -2.09. The summed E-state index contributed by atoms with van der Waals surface area (Å²) in [7, 11) is 0. The molecule has 0 aromatic heterocycles. The number of esters is 1. The van der Waals surface area contributed by atoms with E-state index in [0.717, 1.165) is 43.7 Å². The second-order valence-electron chi connectivity index (χ2n) is 8.63. The van der Waals surface area contributed by atoms with E-state index in [9.17, 15) is 4.79 Å². The highest BCUT2D eigenvalue weighted by molar-refractivity contribution is 5.89. The number of hydrogen-bond donors (Lipinski definition) is 0.